The van der Waals surface area contributed by atoms with Crippen molar-refractivity contribution in [2.24, 2.45) is 5.92 Å². The summed E-state index contributed by atoms with van der Waals surface area (Å²) in [5, 5.41) is 3.03. The molecule has 2 aliphatic rings. The van der Waals surface area contributed by atoms with Gasteiger partial charge in [0.2, 0.25) is 11.9 Å². The zero-order valence-electron chi connectivity index (χ0n) is 15.5. The van der Waals surface area contributed by atoms with Gasteiger partial charge in [0.15, 0.2) is 0 Å². The molecule has 0 radical (unpaired) electrons. The minimum Gasteiger partial charge on any atom is -0.383 e. The standard InChI is InChI=1S/C20H25N5O2/c1-27-12-9-21-19(26)16-13-15-5-2-3-6-17(15)25-11-10-24(14-18(16)25)20-22-7-4-8-23-20/h2-8,16,18H,9-14H2,1H3,(H,21,26)/t16-,18-/m1/s1. The Bertz CT molecular complexity index is 785. The molecule has 142 valence electrons. The number of piperazine rings is 1. The fourth-order valence-corrected chi connectivity index (χ4v) is 4.10. The predicted octanol–water partition coefficient (Wildman–Crippen LogP) is 1.11. The van der Waals surface area contributed by atoms with Crippen molar-refractivity contribution in [3.05, 3.63) is 48.3 Å². The lowest BCUT2D eigenvalue weighted by Crippen LogP contribution is -2.61. The Kier molecular flexibility index (Phi) is 5.20. The summed E-state index contributed by atoms with van der Waals surface area (Å²) in [5.74, 6) is 0.713. The highest BCUT2D eigenvalue weighted by molar-refractivity contribution is 5.82. The smallest absolute Gasteiger partial charge is 0.225 e. The zero-order chi connectivity index (χ0) is 18.6. The van der Waals surface area contributed by atoms with Crippen molar-refractivity contribution in [3.8, 4) is 0 Å². The zero-order valence-corrected chi connectivity index (χ0v) is 15.5. The minimum atomic E-state index is -0.108. The highest BCUT2D eigenvalue weighted by Gasteiger charge is 2.41. The third kappa shape index (κ3) is 3.60. The number of carbonyl (C=O) groups is 1. The molecule has 0 unspecified atom stereocenters. The van der Waals surface area contributed by atoms with Crippen molar-refractivity contribution >= 4 is 17.5 Å². The second-order valence-corrected chi connectivity index (χ2v) is 6.98. The second kappa shape index (κ2) is 7.92. The third-order valence-electron chi connectivity index (χ3n) is 5.40. The Balaban J connectivity index is 1.59. The van der Waals surface area contributed by atoms with E-state index in [0.29, 0.717) is 13.2 Å². The van der Waals surface area contributed by atoms with Crippen molar-refractivity contribution in [3.63, 3.8) is 0 Å². The van der Waals surface area contributed by atoms with Gasteiger partial charge in [-0.2, -0.15) is 0 Å². The first-order valence-electron chi connectivity index (χ1n) is 9.41. The number of carbonyl (C=O) groups excluding carboxylic acids is 1. The molecule has 1 aromatic heterocycles. The molecule has 1 fully saturated rings. The SMILES string of the molecule is COCCNC(=O)[C@@H]1Cc2ccccc2N2CCN(c3ncccn3)C[C@H]12. The molecular formula is C20H25N5O2. The molecule has 0 saturated carbocycles. The molecule has 0 spiro atoms. The molecule has 1 saturated heterocycles. The highest BCUT2D eigenvalue weighted by atomic mass is 16.5. The first-order valence-corrected chi connectivity index (χ1v) is 9.41. The van der Waals surface area contributed by atoms with Crippen LogP contribution in [0.4, 0.5) is 11.6 Å². The fourth-order valence-electron chi connectivity index (χ4n) is 4.10. The van der Waals surface area contributed by atoms with Crippen LogP contribution in [0.1, 0.15) is 5.56 Å². The third-order valence-corrected chi connectivity index (χ3v) is 5.40. The highest BCUT2D eigenvalue weighted by Crippen LogP contribution is 2.36. The predicted molar refractivity (Wildman–Crippen MR) is 104 cm³/mol. The van der Waals surface area contributed by atoms with Crippen molar-refractivity contribution < 1.29 is 9.53 Å². The molecule has 2 atom stereocenters. The number of hydrogen-bond donors (Lipinski definition) is 1. The Morgan fingerprint density at radius 1 is 1.22 bits per heavy atom. The lowest BCUT2D eigenvalue weighted by atomic mass is 9.83. The maximum Gasteiger partial charge on any atom is 0.225 e. The molecule has 2 aliphatic heterocycles. The van der Waals surface area contributed by atoms with E-state index < -0.39 is 0 Å². The summed E-state index contributed by atoms with van der Waals surface area (Å²) >= 11 is 0. The van der Waals surface area contributed by atoms with Crippen molar-refractivity contribution in [1.29, 1.82) is 0 Å². The summed E-state index contributed by atoms with van der Waals surface area (Å²) in [6.07, 6.45) is 4.28. The van der Waals surface area contributed by atoms with E-state index in [4.69, 9.17) is 4.74 Å². The molecule has 1 amide bonds. The van der Waals surface area contributed by atoms with Gasteiger partial charge in [-0.05, 0) is 24.1 Å². The monoisotopic (exact) mass is 367 g/mol. The maximum absolute atomic E-state index is 12.9. The number of benzene rings is 1. The largest absolute Gasteiger partial charge is 0.383 e. The Hall–Kier alpha value is -2.67. The van der Waals surface area contributed by atoms with Gasteiger partial charge in [0.1, 0.15) is 0 Å². The number of methoxy groups -OCH3 is 1. The summed E-state index contributed by atoms with van der Waals surface area (Å²) in [6, 6.07) is 10.3. The van der Waals surface area contributed by atoms with E-state index in [1.807, 2.05) is 12.1 Å². The van der Waals surface area contributed by atoms with Gasteiger partial charge in [-0.15, -0.1) is 0 Å². The Labute approximate surface area is 159 Å². The molecule has 3 heterocycles. The quantitative estimate of drug-likeness (QED) is 0.799. The summed E-state index contributed by atoms with van der Waals surface area (Å²) in [6.45, 7) is 3.48. The van der Waals surface area contributed by atoms with Crippen LogP contribution in [0.25, 0.3) is 0 Å². The van der Waals surface area contributed by atoms with Gasteiger partial charge in [-0.25, -0.2) is 9.97 Å². The lowest BCUT2D eigenvalue weighted by molar-refractivity contribution is -0.126. The van der Waals surface area contributed by atoms with E-state index in [0.717, 1.165) is 32.0 Å². The number of hydrogen-bond acceptors (Lipinski definition) is 6. The Morgan fingerprint density at radius 2 is 2.04 bits per heavy atom. The molecule has 0 aliphatic carbocycles. The Morgan fingerprint density at radius 3 is 2.85 bits per heavy atom. The molecular weight excluding hydrogens is 342 g/mol. The van der Waals surface area contributed by atoms with Crippen LogP contribution < -0.4 is 15.1 Å². The first kappa shape index (κ1) is 17.7. The summed E-state index contributed by atoms with van der Waals surface area (Å²) in [7, 11) is 1.64. The van der Waals surface area contributed by atoms with E-state index in [-0.39, 0.29) is 17.9 Å². The van der Waals surface area contributed by atoms with Crippen molar-refractivity contribution in [2.75, 3.05) is 49.7 Å². The topological polar surface area (TPSA) is 70.6 Å². The van der Waals surface area contributed by atoms with Crippen LogP contribution >= 0.6 is 0 Å². The number of fused-ring (bicyclic) bond motifs is 3. The van der Waals surface area contributed by atoms with E-state index >= 15 is 0 Å². The molecule has 0 bridgehead atoms. The number of anilines is 2. The summed E-state index contributed by atoms with van der Waals surface area (Å²) in [4.78, 5) is 26.3. The number of rotatable bonds is 5. The van der Waals surface area contributed by atoms with Crippen LogP contribution in [0, 0.1) is 5.92 Å². The fraction of sp³-hybridized carbons (Fsp3) is 0.450. The summed E-state index contributed by atoms with van der Waals surface area (Å²) < 4.78 is 5.07. The number of amides is 1. The maximum atomic E-state index is 12.9. The van der Waals surface area contributed by atoms with Crippen molar-refractivity contribution in [2.45, 2.75) is 12.5 Å². The van der Waals surface area contributed by atoms with Crippen LogP contribution in [0.3, 0.4) is 0 Å². The molecule has 1 N–H and O–H groups in total. The van der Waals surface area contributed by atoms with Gasteiger partial charge in [-0.3, -0.25) is 4.79 Å². The van der Waals surface area contributed by atoms with Gasteiger partial charge in [0, 0.05) is 51.4 Å². The van der Waals surface area contributed by atoms with E-state index in [1.165, 1.54) is 11.3 Å². The first-order chi connectivity index (χ1) is 13.3. The average Bonchev–Trinajstić information content (AvgIpc) is 2.73. The number of nitrogens with zero attached hydrogens (tertiary/aromatic N) is 4. The number of para-hydroxylation sites is 1. The van der Waals surface area contributed by atoms with E-state index in [9.17, 15) is 4.79 Å². The molecule has 7 nitrogen and oxygen atoms in total. The summed E-state index contributed by atoms with van der Waals surface area (Å²) in [5.41, 5.74) is 2.49. The van der Waals surface area contributed by atoms with Gasteiger partial charge < -0.3 is 19.9 Å². The van der Waals surface area contributed by atoms with Crippen LogP contribution in [0.5, 0.6) is 0 Å². The van der Waals surface area contributed by atoms with E-state index in [1.54, 1.807) is 19.5 Å². The van der Waals surface area contributed by atoms with Gasteiger partial charge in [-0.1, -0.05) is 18.2 Å². The van der Waals surface area contributed by atoms with Gasteiger partial charge in [0.25, 0.3) is 0 Å². The van der Waals surface area contributed by atoms with Gasteiger partial charge in [0.05, 0.1) is 18.6 Å². The van der Waals surface area contributed by atoms with Crippen molar-refractivity contribution in [1.82, 2.24) is 15.3 Å². The average molecular weight is 367 g/mol. The number of aromatic nitrogens is 2. The number of ether oxygens (including phenoxy) is 1. The molecule has 4 rings (SSSR count). The van der Waals surface area contributed by atoms with E-state index in [2.05, 4.69) is 43.3 Å². The van der Waals surface area contributed by atoms with Crippen LogP contribution in [0.2, 0.25) is 0 Å². The molecule has 7 heteroatoms. The number of nitrogens with one attached hydrogen (secondary N) is 1. The normalized spacial score (nSPS) is 21.4. The second-order valence-electron chi connectivity index (χ2n) is 6.98. The van der Waals surface area contributed by atoms with Crippen LogP contribution in [-0.4, -0.2) is 61.8 Å². The minimum absolute atomic E-state index is 0.0902. The molecule has 27 heavy (non-hydrogen) atoms. The lowest BCUT2D eigenvalue weighted by Gasteiger charge is -2.49. The molecule has 2 aromatic rings. The van der Waals surface area contributed by atoms with Crippen LogP contribution in [0.15, 0.2) is 42.7 Å². The van der Waals surface area contributed by atoms with Gasteiger partial charge >= 0.3 is 0 Å². The molecule has 1 aromatic carbocycles. The van der Waals surface area contributed by atoms with Crippen LogP contribution in [-0.2, 0) is 16.0 Å².